The van der Waals surface area contributed by atoms with Crippen molar-refractivity contribution in [2.24, 2.45) is 33.7 Å². The van der Waals surface area contributed by atoms with E-state index in [2.05, 4.69) is 20.9 Å². The molecular formula is C17H31N9O7. The summed E-state index contributed by atoms with van der Waals surface area (Å²) in [7, 11) is 0. The van der Waals surface area contributed by atoms with Crippen molar-refractivity contribution in [3.8, 4) is 0 Å². The minimum atomic E-state index is -1.49. The number of hydrogen-bond acceptors (Lipinski definition) is 8. The zero-order valence-electron chi connectivity index (χ0n) is 17.9. The van der Waals surface area contributed by atoms with Crippen LogP contribution in [0.25, 0.3) is 0 Å². The first kappa shape index (κ1) is 29.1. The normalized spacial score (nSPS) is 13.0. The second kappa shape index (κ2) is 15.0. The zero-order valence-corrected chi connectivity index (χ0v) is 17.9. The van der Waals surface area contributed by atoms with E-state index >= 15 is 0 Å². The number of hydrogen-bond donors (Lipinski definition) is 9. The Morgan fingerprint density at radius 3 is 2.00 bits per heavy atom. The number of nitrogens with one attached hydrogen (secondary N) is 3. The molecule has 0 radical (unpaired) electrons. The van der Waals surface area contributed by atoms with Crippen molar-refractivity contribution in [3.63, 3.8) is 0 Å². The van der Waals surface area contributed by atoms with Crippen molar-refractivity contribution in [1.29, 1.82) is 0 Å². The molecule has 0 saturated carbocycles. The SMILES string of the molecule is NC(=O)CCC(N)C(=O)NCC(=O)NC(CC(N)=O)C(=O)NC(CCCN=C(N)N)C(=O)O. The summed E-state index contributed by atoms with van der Waals surface area (Å²) in [5.74, 6) is -5.69. The van der Waals surface area contributed by atoms with E-state index in [9.17, 15) is 33.9 Å². The van der Waals surface area contributed by atoms with Crippen LogP contribution in [0.2, 0.25) is 0 Å². The van der Waals surface area contributed by atoms with E-state index in [1.807, 2.05) is 0 Å². The molecule has 186 valence electrons. The van der Waals surface area contributed by atoms with Gasteiger partial charge in [-0.1, -0.05) is 0 Å². The van der Waals surface area contributed by atoms with Gasteiger partial charge in [-0.15, -0.1) is 0 Å². The van der Waals surface area contributed by atoms with E-state index in [1.165, 1.54) is 0 Å². The highest BCUT2D eigenvalue weighted by Crippen LogP contribution is 2.01. The third-order valence-corrected chi connectivity index (χ3v) is 4.08. The molecule has 5 amide bonds. The van der Waals surface area contributed by atoms with Gasteiger partial charge in [0.2, 0.25) is 29.5 Å². The highest BCUT2D eigenvalue weighted by molar-refractivity contribution is 5.95. The maximum Gasteiger partial charge on any atom is 0.326 e. The van der Waals surface area contributed by atoms with E-state index in [-0.39, 0.29) is 38.2 Å². The van der Waals surface area contributed by atoms with Gasteiger partial charge in [-0.3, -0.25) is 29.0 Å². The Hall–Kier alpha value is -3.95. The molecule has 0 aliphatic carbocycles. The van der Waals surface area contributed by atoms with Crippen LogP contribution in [-0.4, -0.2) is 77.8 Å². The number of nitrogens with two attached hydrogens (primary N) is 5. The maximum absolute atomic E-state index is 12.4. The molecule has 0 aliphatic rings. The Morgan fingerprint density at radius 2 is 1.48 bits per heavy atom. The van der Waals surface area contributed by atoms with Crippen LogP contribution in [-0.2, 0) is 28.8 Å². The fourth-order valence-corrected chi connectivity index (χ4v) is 2.42. The number of carbonyl (C=O) groups is 6. The molecule has 16 heteroatoms. The fourth-order valence-electron chi connectivity index (χ4n) is 2.42. The molecule has 3 atom stereocenters. The molecule has 0 rings (SSSR count). The van der Waals surface area contributed by atoms with Crippen molar-refractivity contribution >= 4 is 41.5 Å². The third-order valence-electron chi connectivity index (χ3n) is 4.08. The number of guanidine groups is 1. The Balaban J connectivity index is 4.90. The summed E-state index contributed by atoms with van der Waals surface area (Å²) in [4.78, 5) is 73.5. The lowest BCUT2D eigenvalue weighted by Crippen LogP contribution is -2.54. The average molecular weight is 473 g/mol. The molecule has 0 spiro atoms. The maximum atomic E-state index is 12.4. The molecule has 14 N–H and O–H groups in total. The van der Waals surface area contributed by atoms with Crippen LogP contribution in [0.3, 0.4) is 0 Å². The fraction of sp³-hybridized carbons (Fsp3) is 0.588. The molecule has 0 heterocycles. The average Bonchev–Trinajstić information content (AvgIpc) is 2.70. The Morgan fingerprint density at radius 1 is 0.848 bits per heavy atom. The van der Waals surface area contributed by atoms with Crippen LogP contribution in [0.5, 0.6) is 0 Å². The highest BCUT2D eigenvalue weighted by atomic mass is 16.4. The quantitative estimate of drug-likeness (QED) is 0.0582. The monoisotopic (exact) mass is 473 g/mol. The molecule has 0 aromatic rings. The summed E-state index contributed by atoms with van der Waals surface area (Å²) in [5, 5.41) is 15.9. The predicted octanol–water partition coefficient (Wildman–Crippen LogP) is -5.32. The minimum absolute atomic E-state index is 0.0325. The molecule has 33 heavy (non-hydrogen) atoms. The highest BCUT2D eigenvalue weighted by Gasteiger charge is 2.28. The Labute approximate surface area is 189 Å². The number of aliphatic imine (C=N–C) groups is 1. The van der Waals surface area contributed by atoms with Crippen LogP contribution in [0.15, 0.2) is 4.99 Å². The van der Waals surface area contributed by atoms with Crippen molar-refractivity contribution in [3.05, 3.63) is 0 Å². The molecule has 0 saturated heterocycles. The lowest BCUT2D eigenvalue weighted by molar-refractivity contribution is -0.142. The first-order chi connectivity index (χ1) is 15.3. The van der Waals surface area contributed by atoms with Crippen molar-refractivity contribution in [2.45, 2.75) is 50.2 Å². The Bertz CT molecular complexity index is 768. The second-order valence-corrected chi connectivity index (χ2v) is 6.97. The number of aliphatic carboxylic acids is 1. The largest absolute Gasteiger partial charge is 0.480 e. The van der Waals surface area contributed by atoms with Gasteiger partial charge < -0.3 is 49.7 Å². The van der Waals surface area contributed by atoms with Crippen molar-refractivity contribution in [1.82, 2.24) is 16.0 Å². The number of carboxylic acid groups (broad SMARTS) is 1. The molecular weight excluding hydrogens is 442 g/mol. The van der Waals surface area contributed by atoms with Gasteiger partial charge in [0.1, 0.15) is 12.1 Å². The molecule has 0 bridgehead atoms. The molecule has 16 nitrogen and oxygen atoms in total. The van der Waals surface area contributed by atoms with Gasteiger partial charge in [0.05, 0.1) is 19.0 Å². The number of amides is 5. The van der Waals surface area contributed by atoms with E-state index in [0.29, 0.717) is 0 Å². The Kier molecular flexibility index (Phi) is 13.2. The predicted molar refractivity (Wildman–Crippen MR) is 115 cm³/mol. The van der Waals surface area contributed by atoms with Gasteiger partial charge in [0.15, 0.2) is 5.96 Å². The molecule has 3 unspecified atom stereocenters. The number of carbonyl (C=O) groups excluding carboxylic acids is 5. The molecule has 0 fully saturated rings. The second-order valence-electron chi connectivity index (χ2n) is 6.97. The van der Waals surface area contributed by atoms with Gasteiger partial charge in [-0.05, 0) is 19.3 Å². The topological polar surface area (TPSA) is 301 Å². The molecule has 0 aromatic heterocycles. The van der Waals surface area contributed by atoms with E-state index in [1.54, 1.807) is 0 Å². The van der Waals surface area contributed by atoms with E-state index in [0.717, 1.165) is 0 Å². The van der Waals surface area contributed by atoms with Gasteiger partial charge in [-0.25, -0.2) is 4.79 Å². The minimum Gasteiger partial charge on any atom is -0.480 e. The number of carboxylic acids is 1. The third kappa shape index (κ3) is 13.9. The van der Waals surface area contributed by atoms with Crippen LogP contribution >= 0.6 is 0 Å². The zero-order chi connectivity index (χ0) is 25.6. The van der Waals surface area contributed by atoms with Gasteiger partial charge >= 0.3 is 5.97 Å². The van der Waals surface area contributed by atoms with Crippen LogP contribution in [0, 0.1) is 0 Å². The van der Waals surface area contributed by atoms with Gasteiger partial charge in [0, 0.05) is 13.0 Å². The summed E-state index contributed by atoms with van der Waals surface area (Å²) in [6.45, 7) is -0.475. The summed E-state index contributed by atoms with van der Waals surface area (Å²) in [5.41, 5.74) is 26.0. The lowest BCUT2D eigenvalue weighted by Gasteiger charge is -2.21. The first-order valence-corrected chi connectivity index (χ1v) is 9.81. The van der Waals surface area contributed by atoms with E-state index in [4.69, 9.17) is 28.7 Å². The van der Waals surface area contributed by atoms with Crippen molar-refractivity contribution < 1.29 is 33.9 Å². The van der Waals surface area contributed by atoms with Crippen LogP contribution < -0.4 is 44.6 Å². The summed E-state index contributed by atoms with van der Waals surface area (Å²) in [6.07, 6.45) is -0.587. The lowest BCUT2D eigenvalue weighted by atomic mass is 10.1. The summed E-state index contributed by atoms with van der Waals surface area (Å²) in [6, 6.07) is -3.93. The smallest absolute Gasteiger partial charge is 0.326 e. The first-order valence-electron chi connectivity index (χ1n) is 9.81. The standard InChI is InChI=1S/C17H31N9O7/c18-8(3-4-11(19)27)14(30)24-7-13(29)25-10(6-12(20)28)15(31)26-9(16(32)33)2-1-5-23-17(21)22/h8-10H,1-7,18H2,(H2,19,27)(H2,20,28)(H,24,30)(H,25,29)(H,26,31)(H,32,33)(H4,21,22,23). The number of nitrogens with zero attached hydrogens (tertiary/aromatic N) is 1. The van der Waals surface area contributed by atoms with Crippen LogP contribution in [0.1, 0.15) is 32.1 Å². The molecule has 0 aromatic carbocycles. The van der Waals surface area contributed by atoms with E-state index < -0.39 is 66.6 Å². The summed E-state index contributed by atoms with van der Waals surface area (Å²) < 4.78 is 0. The van der Waals surface area contributed by atoms with Gasteiger partial charge in [-0.2, -0.15) is 0 Å². The number of rotatable bonds is 16. The summed E-state index contributed by atoms with van der Waals surface area (Å²) >= 11 is 0. The van der Waals surface area contributed by atoms with Crippen molar-refractivity contribution in [2.75, 3.05) is 13.1 Å². The van der Waals surface area contributed by atoms with Gasteiger partial charge in [0.25, 0.3) is 0 Å². The van der Waals surface area contributed by atoms with Crippen LogP contribution in [0.4, 0.5) is 0 Å². The number of primary amides is 2. The molecule has 0 aliphatic heterocycles.